The fraction of sp³-hybridized carbons (Fsp3) is 0.273. The Hall–Kier alpha value is -4.52. The molecule has 3 fully saturated rings. The van der Waals surface area contributed by atoms with Crippen molar-refractivity contribution in [2.75, 3.05) is 11.5 Å². The van der Waals surface area contributed by atoms with E-state index < -0.39 is 12.6 Å². The Morgan fingerprint density at radius 2 is 1.35 bits per heavy atom. The van der Waals surface area contributed by atoms with Crippen molar-refractivity contribution in [3.63, 3.8) is 0 Å². The van der Waals surface area contributed by atoms with Gasteiger partial charge in [-0.25, -0.2) is 4.79 Å². The summed E-state index contributed by atoms with van der Waals surface area (Å²) in [5.41, 5.74) is 2.14. The van der Waals surface area contributed by atoms with Crippen molar-refractivity contribution in [1.29, 1.82) is 0 Å². The van der Waals surface area contributed by atoms with Gasteiger partial charge in [0.15, 0.2) is 12.4 Å². The Bertz CT molecular complexity index is 1490. The summed E-state index contributed by atoms with van der Waals surface area (Å²) in [7, 11) is 0. The second kappa shape index (κ2) is 9.59. The van der Waals surface area contributed by atoms with Gasteiger partial charge < -0.3 is 9.47 Å². The van der Waals surface area contributed by atoms with Crippen LogP contribution in [0.2, 0.25) is 0 Å². The number of hydrogen-bond donors (Lipinski definition) is 0. The molecule has 3 aromatic carbocycles. The number of hydrogen-bond acceptors (Lipinski definition) is 6. The third-order valence-electron chi connectivity index (χ3n) is 8.78. The highest BCUT2D eigenvalue weighted by Gasteiger charge is 2.67. The minimum absolute atomic E-state index is 0.142. The number of carbonyl (C=O) groups excluding carboxylic acids is 4. The van der Waals surface area contributed by atoms with Crippen LogP contribution in [0.4, 0.5) is 5.69 Å². The highest BCUT2D eigenvalue weighted by Crippen LogP contribution is 2.65. The van der Waals surface area contributed by atoms with Crippen LogP contribution in [-0.4, -0.2) is 30.2 Å². The average Bonchev–Trinajstić information content (AvgIpc) is 3.78. The van der Waals surface area contributed by atoms with Gasteiger partial charge in [0.2, 0.25) is 11.8 Å². The molecule has 5 aliphatic rings. The summed E-state index contributed by atoms with van der Waals surface area (Å²) in [6.45, 7) is 0.0142. The van der Waals surface area contributed by atoms with E-state index in [0.29, 0.717) is 35.4 Å². The van der Waals surface area contributed by atoms with E-state index in [-0.39, 0.29) is 46.8 Å². The Labute approximate surface area is 231 Å². The molecule has 7 heteroatoms. The summed E-state index contributed by atoms with van der Waals surface area (Å²) in [6, 6.07) is 22.7. The second-order valence-electron chi connectivity index (χ2n) is 11.0. The molecule has 0 aromatic heterocycles. The van der Waals surface area contributed by atoms with Crippen LogP contribution in [0.1, 0.15) is 32.7 Å². The van der Waals surface area contributed by atoms with Gasteiger partial charge in [0.05, 0.1) is 23.1 Å². The number of rotatable bonds is 8. The van der Waals surface area contributed by atoms with Crippen molar-refractivity contribution >= 4 is 29.3 Å². The Balaban J connectivity index is 0.946. The van der Waals surface area contributed by atoms with Crippen LogP contribution in [0.25, 0.3) is 0 Å². The molecule has 200 valence electrons. The maximum Gasteiger partial charge on any atom is 0.338 e. The van der Waals surface area contributed by atoms with E-state index in [2.05, 4.69) is 12.2 Å². The molecule has 7 nitrogen and oxygen atoms in total. The number of benzene rings is 3. The number of Topliss-reactive ketones (excluding diaryl/α,β-unsaturated/α-hetero) is 1. The lowest BCUT2D eigenvalue weighted by atomic mass is 9.63. The van der Waals surface area contributed by atoms with Crippen molar-refractivity contribution in [3.8, 4) is 5.75 Å². The maximum atomic E-state index is 13.3. The molecule has 0 spiro atoms. The van der Waals surface area contributed by atoms with Gasteiger partial charge in [0.1, 0.15) is 12.4 Å². The zero-order chi connectivity index (χ0) is 27.4. The fourth-order valence-corrected chi connectivity index (χ4v) is 6.73. The molecule has 1 saturated heterocycles. The van der Waals surface area contributed by atoms with Gasteiger partial charge in [-0.1, -0.05) is 42.5 Å². The summed E-state index contributed by atoms with van der Waals surface area (Å²) < 4.78 is 11.0. The third-order valence-corrected chi connectivity index (χ3v) is 8.78. The van der Waals surface area contributed by atoms with E-state index in [1.165, 1.54) is 17.0 Å². The average molecular weight is 534 g/mol. The van der Waals surface area contributed by atoms with Crippen molar-refractivity contribution in [1.82, 2.24) is 0 Å². The number of carbonyl (C=O) groups is 4. The van der Waals surface area contributed by atoms with Crippen LogP contribution in [0.15, 0.2) is 91.0 Å². The molecule has 1 heterocycles. The van der Waals surface area contributed by atoms with E-state index in [0.717, 1.165) is 12.0 Å². The Kier molecular flexibility index (Phi) is 5.88. The highest BCUT2D eigenvalue weighted by atomic mass is 16.5. The lowest BCUT2D eigenvalue weighted by Gasteiger charge is -2.37. The monoisotopic (exact) mass is 533 g/mol. The zero-order valence-electron chi connectivity index (χ0n) is 21.6. The van der Waals surface area contributed by atoms with Gasteiger partial charge in [0.25, 0.3) is 0 Å². The first kappa shape index (κ1) is 24.5. The second-order valence-corrected chi connectivity index (χ2v) is 11.0. The highest BCUT2D eigenvalue weighted by molar-refractivity contribution is 6.22. The van der Waals surface area contributed by atoms with Crippen LogP contribution in [0.5, 0.6) is 5.75 Å². The van der Waals surface area contributed by atoms with E-state index in [1.807, 2.05) is 30.3 Å². The van der Waals surface area contributed by atoms with E-state index in [9.17, 15) is 19.2 Å². The number of amides is 2. The predicted molar refractivity (Wildman–Crippen MR) is 145 cm³/mol. The molecule has 4 aliphatic carbocycles. The molecule has 0 N–H and O–H groups in total. The first-order valence-electron chi connectivity index (χ1n) is 13.6. The van der Waals surface area contributed by atoms with Crippen molar-refractivity contribution < 1.29 is 28.7 Å². The smallest absolute Gasteiger partial charge is 0.338 e. The van der Waals surface area contributed by atoms with Crippen LogP contribution >= 0.6 is 0 Å². The zero-order valence-corrected chi connectivity index (χ0v) is 21.6. The lowest BCUT2D eigenvalue weighted by molar-refractivity contribution is -0.124. The molecular formula is C33H27NO6. The SMILES string of the molecule is O=C(COC(=O)c1ccc(N2C(=O)[C@H]3[C@@H]4C=C[C@H]([C@H]5C[C@H]45)[C@@H]3C2=O)cc1)c1ccc(OCc2ccccc2)cc1. The third kappa shape index (κ3) is 4.13. The van der Waals surface area contributed by atoms with Crippen molar-refractivity contribution in [2.24, 2.45) is 35.5 Å². The minimum atomic E-state index is -0.655. The van der Waals surface area contributed by atoms with Gasteiger partial charge in [-0.15, -0.1) is 0 Å². The predicted octanol–water partition coefficient (Wildman–Crippen LogP) is 4.86. The van der Waals surface area contributed by atoms with Crippen LogP contribution in [-0.2, 0) is 20.9 Å². The van der Waals surface area contributed by atoms with Crippen LogP contribution in [0, 0.1) is 35.5 Å². The van der Waals surface area contributed by atoms with Gasteiger partial charge >= 0.3 is 5.97 Å². The molecule has 2 bridgehead atoms. The summed E-state index contributed by atoms with van der Waals surface area (Å²) in [4.78, 5) is 53.1. The van der Waals surface area contributed by atoms with Gasteiger partial charge in [-0.2, -0.15) is 0 Å². The largest absolute Gasteiger partial charge is 0.489 e. The summed E-state index contributed by atoms with van der Waals surface area (Å²) in [5, 5.41) is 0. The molecule has 0 unspecified atom stereocenters. The van der Waals surface area contributed by atoms with Crippen molar-refractivity contribution in [3.05, 3.63) is 108 Å². The minimum Gasteiger partial charge on any atom is -0.489 e. The number of ketones is 1. The molecule has 2 amide bonds. The lowest BCUT2D eigenvalue weighted by Crippen LogP contribution is -2.40. The summed E-state index contributed by atoms with van der Waals surface area (Å²) in [5.74, 6) is 0.212. The Morgan fingerprint density at radius 3 is 1.98 bits per heavy atom. The van der Waals surface area contributed by atoms with Crippen molar-refractivity contribution in [2.45, 2.75) is 13.0 Å². The van der Waals surface area contributed by atoms with E-state index >= 15 is 0 Å². The quantitative estimate of drug-likeness (QED) is 0.178. The number of imide groups is 1. The number of ether oxygens (including phenoxy) is 2. The van der Waals surface area contributed by atoms with Gasteiger partial charge in [0, 0.05) is 5.56 Å². The number of allylic oxidation sites excluding steroid dienone is 2. The fourth-order valence-electron chi connectivity index (χ4n) is 6.73. The van der Waals surface area contributed by atoms with E-state index in [1.54, 1.807) is 36.4 Å². The molecule has 8 rings (SSSR count). The first-order chi connectivity index (χ1) is 19.5. The topological polar surface area (TPSA) is 90.0 Å². The molecule has 6 atom stereocenters. The molecule has 3 aromatic rings. The molecule has 1 aliphatic heterocycles. The molecule has 40 heavy (non-hydrogen) atoms. The van der Waals surface area contributed by atoms with E-state index in [4.69, 9.17) is 9.47 Å². The maximum absolute atomic E-state index is 13.3. The number of nitrogens with zero attached hydrogens (tertiary/aromatic N) is 1. The number of esters is 1. The Morgan fingerprint density at radius 1 is 0.750 bits per heavy atom. The normalized spacial score (nSPS) is 27.2. The van der Waals surface area contributed by atoms with Crippen LogP contribution in [0.3, 0.4) is 0 Å². The standard InChI is InChI=1S/C33H27NO6/c35-28(20-8-12-23(13-9-20)39-17-19-4-2-1-3-5-19)18-40-33(38)21-6-10-22(11-7-21)34-31(36)29-24-14-15-25(27-16-26(24)27)30(29)32(34)37/h1-15,24-27,29-30H,16-18H2/t24-,25-,26-,27-,29+,30+/m1/s1. The van der Waals surface area contributed by atoms with Gasteiger partial charge in [-0.05, 0) is 84.2 Å². The molecular weight excluding hydrogens is 506 g/mol. The molecule has 2 saturated carbocycles. The first-order valence-corrected chi connectivity index (χ1v) is 13.6. The molecule has 0 radical (unpaired) electrons. The summed E-state index contributed by atoms with van der Waals surface area (Å²) in [6.07, 6.45) is 5.40. The van der Waals surface area contributed by atoms with Gasteiger partial charge in [-0.3, -0.25) is 19.3 Å². The van der Waals surface area contributed by atoms with Crippen LogP contribution < -0.4 is 9.64 Å². The summed E-state index contributed by atoms with van der Waals surface area (Å²) >= 11 is 0. The number of anilines is 1.